The molecule has 2 aromatic rings. The molecule has 0 atom stereocenters. The van der Waals surface area contributed by atoms with Crippen molar-refractivity contribution in [3.05, 3.63) is 64.2 Å². The second-order valence-corrected chi connectivity index (χ2v) is 7.07. The number of nitrogens with zero attached hydrogens (tertiary/aromatic N) is 2. The molecule has 0 radical (unpaired) electrons. The predicted molar refractivity (Wildman–Crippen MR) is 86.7 cm³/mol. The van der Waals surface area contributed by atoms with E-state index in [1.165, 1.54) is 0 Å². The summed E-state index contributed by atoms with van der Waals surface area (Å²) in [6, 6.07) is 6.70. The lowest BCUT2D eigenvalue weighted by Gasteiger charge is -2.23. The quantitative estimate of drug-likeness (QED) is 0.584. The summed E-state index contributed by atoms with van der Waals surface area (Å²) in [5, 5.41) is 19.8. The molecule has 0 spiro atoms. The van der Waals surface area contributed by atoms with Crippen LogP contribution in [0.5, 0.6) is 0 Å². The van der Waals surface area contributed by atoms with Crippen LogP contribution in [0.2, 0.25) is 0 Å². The number of halogens is 3. The van der Waals surface area contributed by atoms with Gasteiger partial charge >= 0.3 is 12.1 Å². The largest absolute Gasteiger partial charge is 0.480 e. The highest BCUT2D eigenvalue weighted by atomic mass is 32.2. The molecule has 0 saturated carbocycles. The van der Waals surface area contributed by atoms with Gasteiger partial charge < -0.3 is 5.11 Å². The topological polar surface area (TPSA) is 118 Å². The fourth-order valence-corrected chi connectivity index (χ4v) is 3.59. The smallest absolute Gasteiger partial charge is 0.416 e. The third kappa shape index (κ3) is 4.53. The number of alkyl halides is 3. The van der Waals surface area contributed by atoms with Crippen LogP contribution in [0.4, 0.5) is 24.5 Å². The van der Waals surface area contributed by atoms with E-state index in [4.69, 9.17) is 5.11 Å². The molecule has 144 valence electrons. The SMILES string of the molecule is O=C(O)CN(c1ccc(C(F)(F)F)cc1)S(=O)(=O)c1cccc([N+](=O)[O-])c1. The van der Waals surface area contributed by atoms with Crippen molar-refractivity contribution in [2.45, 2.75) is 11.1 Å². The first-order chi connectivity index (χ1) is 12.4. The summed E-state index contributed by atoms with van der Waals surface area (Å²) in [6.07, 6.45) is -4.66. The van der Waals surface area contributed by atoms with E-state index < -0.39 is 49.8 Å². The number of non-ortho nitro benzene ring substituents is 1. The molecule has 12 heteroatoms. The Morgan fingerprint density at radius 2 is 1.74 bits per heavy atom. The van der Waals surface area contributed by atoms with Crippen molar-refractivity contribution >= 4 is 27.4 Å². The van der Waals surface area contributed by atoms with Crippen LogP contribution < -0.4 is 4.31 Å². The summed E-state index contributed by atoms with van der Waals surface area (Å²) in [7, 11) is -4.59. The van der Waals surface area contributed by atoms with Crippen molar-refractivity contribution in [1.82, 2.24) is 0 Å². The van der Waals surface area contributed by atoms with Crippen molar-refractivity contribution < 1.29 is 36.4 Å². The normalized spacial score (nSPS) is 11.8. The lowest BCUT2D eigenvalue weighted by Crippen LogP contribution is -2.35. The second kappa shape index (κ2) is 7.23. The summed E-state index contributed by atoms with van der Waals surface area (Å²) in [6.45, 7) is -1.09. The van der Waals surface area contributed by atoms with Gasteiger partial charge in [-0.05, 0) is 30.3 Å². The molecule has 0 amide bonds. The highest BCUT2D eigenvalue weighted by Crippen LogP contribution is 2.32. The molecule has 0 aliphatic heterocycles. The van der Waals surface area contributed by atoms with E-state index in [0.717, 1.165) is 36.4 Å². The van der Waals surface area contributed by atoms with Crippen LogP contribution in [0, 0.1) is 10.1 Å². The molecular weight excluding hydrogens is 393 g/mol. The molecule has 8 nitrogen and oxygen atoms in total. The van der Waals surface area contributed by atoms with Crippen LogP contribution in [0.15, 0.2) is 53.4 Å². The van der Waals surface area contributed by atoms with Crippen molar-refractivity contribution in [3.8, 4) is 0 Å². The number of rotatable bonds is 6. The Kier molecular flexibility index (Phi) is 5.40. The highest BCUT2D eigenvalue weighted by Gasteiger charge is 2.32. The number of hydrogen-bond donors (Lipinski definition) is 1. The third-order valence-corrected chi connectivity index (χ3v) is 5.15. The number of nitro benzene ring substituents is 1. The van der Waals surface area contributed by atoms with Gasteiger partial charge in [0.05, 0.1) is 21.1 Å². The molecule has 0 aliphatic carbocycles. The Morgan fingerprint density at radius 1 is 1.15 bits per heavy atom. The monoisotopic (exact) mass is 404 g/mol. The Hall–Kier alpha value is -3.15. The molecule has 0 aromatic heterocycles. The first kappa shape index (κ1) is 20.2. The Morgan fingerprint density at radius 3 is 2.22 bits per heavy atom. The van der Waals surface area contributed by atoms with Gasteiger partial charge in [0, 0.05) is 12.1 Å². The van der Waals surface area contributed by atoms with Gasteiger partial charge in [-0.25, -0.2) is 8.42 Å². The van der Waals surface area contributed by atoms with E-state index in [0.29, 0.717) is 16.4 Å². The number of nitro groups is 1. The van der Waals surface area contributed by atoms with Gasteiger partial charge in [-0.1, -0.05) is 6.07 Å². The molecule has 0 fully saturated rings. The minimum absolute atomic E-state index is 0.336. The van der Waals surface area contributed by atoms with Gasteiger partial charge in [0.25, 0.3) is 15.7 Å². The predicted octanol–water partition coefficient (Wildman–Crippen LogP) is 2.89. The Bertz CT molecular complexity index is 974. The molecule has 0 aliphatic rings. The van der Waals surface area contributed by atoms with Crippen LogP contribution >= 0.6 is 0 Å². The van der Waals surface area contributed by atoms with Gasteiger partial charge in [-0.15, -0.1) is 0 Å². The van der Waals surface area contributed by atoms with Crippen LogP contribution in [0.25, 0.3) is 0 Å². The fourth-order valence-electron chi connectivity index (χ4n) is 2.14. The minimum Gasteiger partial charge on any atom is -0.480 e. The van der Waals surface area contributed by atoms with Crippen LogP contribution in [0.3, 0.4) is 0 Å². The number of carboxylic acid groups (broad SMARTS) is 1. The zero-order valence-electron chi connectivity index (χ0n) is 13.3. The fraction of sp³-hybridized carbons (Fsp3) is 0.133. The summed E-state index contributed by atoms with van der Waals surface area (Å²) in [4.78, 5) is 20.5. The lowest BCUT2D eigenvalue weighted by atomic mass is 10.2. The van der Waals surface area contributed by atoms with Gasteiger partial charge in [-0.2, -0.15) is 13.2 Å². The Labute approximate surface area is 150 Å². The van der Waals surface area contributed by atoms with Gasteiger partial charge in [-0.3, -0.25) is 19.2 Å². The van der Waals surface area contributed by atoms with E-state index in [9.17, 15) is 36.5 Å². The summed E-state index contributed by atoms with van der Waals surface area (Å²) >= 11 is 0. The van der Waals surface area contributed by atoms with Crippen LogP contribution in [-0.2, 0) is 21.0 Å². The average Bonchev–Trinajstić information content (AvgIpc) is 2.59. The van der Waals surface area contributed by atoms with E-state index in [1.807, 2.05) is 0 Å². The van der Waals surface area contributed by atoms with E-state index >= 15 is 0 Å². The molecule has 1 N–H and O–H groups in total. The number of anilines is 1. The number of hydrogen-bond acceptors (Lipinski definition) is 5. The highest BCUT2D eigenvalue weighted by molar-refractivity contribution is 7.92. The maximum absolute atomic E-state index is 12.7. The molecule has 0 saturated heterocycles. The molecule has 0 unspecified atom stereocenters. The summed E-state index contributed by atoms with van der Waals surface area (Å²) in [5.74, 6) is -1.57. The molecule has 2 rings (SSSR count). The zero-order valence-corrected chi connectivity index (χ0v) is 14.1. The van der Waals surface area contributed by atoms with Crippen molar-refractivity contribution in [2.24, 2.45) is 0 Å². The minimum atomic E-state index is -4.66. The van der Waals surface area contributed by atoms with Crippen LogP contribution in [0.1, 0.15) is 5.56 Å². The second-order valence-electron chi connectivity index (χ2n) is 5.20. The van der Waals surface area contributed by atoms with E-state index in [-0.39, 0.29) is 5.69 Å². The Balaban J connectivity index is 2.54. The van der Waals surface area contributed by atoms with Gasteiger partial charge in [0.2, 0.25) is 0 Å². The third-order valence-electron chi connectivity index (χ3n) is 3.38. The molecule has 0 bridgehead atoms. The molecule has 0 heterocycles. The average molecular weight is 404 g/mol. The molecule has 2 aromatic carbocycles. The molecule has 27 heavy (non-hydrogen) atoms. The standard InChI is InChI=1S/C15H11F3N2O6S/c16-15(17,18)10-4-6-11(7-5-10)19(9-14(21)22)27(25,26)13-3-1-2-12(8-13)20(23)24/h1-8H,9H2,(H,21,22). The van der Waals surface area contributed by atoms with Crippen molar-refractivity contribution in [2.75, 3.05) is 10.8 Å². The van der Waals surface area contributed by atoms with E-state index in [1.54, 1.807) is 0 Å². The molecular formula is C15H11F3N2O6S. The van der Waals surface area contributed by atoms with Gasteiger partial charge in [0.15, 0.2) is 0 Å². The van der Waals surface area contributed by atoms with Gasteiger partial charge in [0.1, 0.15) is 6.54 Å². The zero-order chi connectivity index (χ0) is 20.4. The number of carbonyl (C=O) groups is 1. The van der Waals surface area contributed by atoms with E-state index in [2.05, 4.69) is 0 Å². The van der Waals surface area contributed by atoms with Crippen molar-refractivity contribution in [3.63, 3.8) is 0 Å². The van der Waals surface area contributed by atoms with Crippen molar-refractivity contribution in [1.29, 1.82) is 0 Å². The maximum atomic E-state index is 12.7. The first-order valence-corrected chi connectivity index (χ1v) is 8.53. The first-order valence-electron chi connectivity index (χ1n) is 7.09. The number of sulfonamides is 1. The summed E-state index contributed by atoms with van der Waals surface area (Å²) < 4.78 is 63.8. The number of carboxylic acids is 1. The maximum Gasteiger partial charge on any atom is 0.416 e. The van der Waals surface area contributed by atoms with Crippen LogP contribution in [-0.4, -0.2) is 31.0 Å². The lowest BCUT2D eigenvalue weighted by molar-refractivity contribution is -0.385. The summed E-state index contributed by atoms with van der Waals surface area (Å²) in [5.41, 5.74) is -1.93. The number of benzene rings is 2. The number of aliphatic carboxylic acids is 1.